The Bertz CT molecular complexity index is 1340. The number of hydrogen-bond acceptors (Lipinski definition) is 10. The highest BCUT2D eigenvalue weighted by Gasteiger charge is 2.22. The fraction of sp³-hybridized carbons (Fsp3) is 0.333. The number of nitrogens with zero attached hydrogens (tertiary/aromatic N) is 3. The summed E-state index contributed by atoms with van der Waals surface area (Å²) in [5, 5.41) is 9.34. The molecule has 1 N–H and O–H groups in total. The van der Waals surface area contributed by atoms with E-state index in [0.29, 0.717) is 45.5 Å². The van der Waals surface area contributed by atoms with E-state index in [-0.39, 0.29) is 5.56 Å². The number of aryl methyl sites for hydroxylation is 2. The number of aromatic amines is 1. The molecule has 5 rings (SSSR count). The van der Waals surface area contributed by atoms with Crippen molar-refractivity contribution in [3.63, 3.8) is 0 Å². The Morgan fingerprint density at radius 3 is 2.62 bits per heavy atom. The second-order valence-corrected chi connectivity index (χ2v) is 9.14. The van der Waals surface area contributed by atoms with Crippen molar-refractivity contribution in [2.45, 2.75) is 30.2 Å². The van der Waals surface area contributed by atoms with Gasteiger partial charge in [0.2, 0.25) is 11.6 Å². The van der Waals surface area contributed by atoms with Crippen LogP contribution in [0.15, 0.2) is 26.6 Å². The van der Waals surface area contributed by atoms with Gasteiger partial charge >= 0.3 is 0 Å². The van der Waals surface area contributed by atoms with Crippen molar-refractivity contribution >= 4 is 33.3 Å². The highest BCUT2D eigenvalue weighted by Crippen LogP contribution is 2.41. The lowest BCUT2D eigenvalue weighted by Gasteiger charge is -2.12. The SMILES string of the molecule is COc1cc(-c2nnc(SCc3nc4sc5c(c4c(=O)[nH]3)CCC5)o2)cc(OC)c1OC. The second-order valence-electron chi connectivity index (χ2n) is 7.13. The molecule has 0 amide bonds. The number of thioether (sulfide) groups is 1. The molecule has 4 aromatic rings. The standard InChI is InChI=1S/C21H20N4O5S2/c1-27-12-7-10(8-13(28-2)17(12)29-3)19-24-25-21(30-19)31-9-15-22-18(26)16-11-5-4-6-14(11)32-20(16)23-15/h7-8H,4-6,9H2,1-3H3,(H,22,23,26). The molecule has 166 valence electrons. The number of ether oxygens (including phenoxy) is 3. The Morgan fingerprint density at radius 1 is 1.12 bits per heavy atom. The molecule has 9 nitrogen and oxygen atoms in total. The normalized spacial score (nSPS) is 12.8. The Hall–Kier alpha value is -3.05. The fourth-order valence-corrected chi connectivity index (χ4v) is 5.75. The zero-order valence-electron chi connectivity index (χ0n) is 17.7. The van der Waals surface area contributed by atoms with Gasteiger partial charge in [-0.25, -0.2) is 4.98 Å². The largest absolute Gasteiger partial charge is 0.493 e. The number of thiophene rings is 1. The van der Waals surface area contributed by atoms with Crippen molar-refractivity contribution in [2.75, 3.05) is 21.3 Å². The van der Waals surface area contributed by atoms with Gasteiger partial charge in [0, 0.05) is 10.4 Å². The van der Waals surface area contributed by atoms with Gasteiger partial charge in [0.05, 0.1) is 32.5 Å². The Labute approximate surface area is 191 Å². The molecule has 0 aliphatic heterocycles. The number of rotatable bonds is 7. The molecule has 3 heterocycles. The zero-order chi connectivity index (χ0) is 22.2. The van der Waals surface area contributed by atoms with E-state index in [0.717, 1.165) is 29.5 Å². The molecule has 0 saturated heterocycles. The molecule has 0 unspecified atom stereocenters. The number of hydrogen-bond donors (Lipinski definition) is 1. The van der Waals surface area contributed by atoms with Gasteiger partial charge in [-0.15, -0.1) is 21.5 Å². The zero-order valence-corrected chi connectivity index (χ0v) is 19.3. The first-order chi connectivity index (χ1) is 15.6. The molecule has 0 saturated carbocycles. The van der Waals surface area contributed by atoms with Crippen molar-refractivity contribution in [2.24, 2.45) is 0 Å². The average molecular weight is 473 g/mol. The molecule has 1 aliphatic carbocycles. The quantitative estimate of drug-likeness (QED) is 0.401. The van der Waals surface area contributed by atoms with Crippen LogP contribution in [0.25, 0.3) is 21.7 Å². The minimum absolute atomic E-state index is 0.0753. The van der Waals surface area contributed by atoms with Crippen LogP contribution in [0.4, 0.5) is 0 Å². The summed E-state index contributed by atoms with van der Waals surface area (Å²) in [6, 6.07) is 3.48. The molecule has 1 aromatic carbocycles. The van der Waals surface area contributed by atoms with E-state index in [1.165, 1.54) is 22.2 Å². The Kier molecular flexibility index (Phi) is 5.51. The van der Waals surface area contributed by atoms with Gasteiger partial charge in [-0.1, -0.05) is 11.8 Å². The Morgan fingerprint density at radius 2 is 1.91 bits per heavy atom. The summed E-state index contributed by atoms with van der Waals surface area (Å²) in [7, 11) is 4.63. The molecule has 0 fully saturated rings. The molecule has 0 bridgehead atoms. The number of benzene rings is 1. The summed E-state index contributed by atoms with van der Waals surface area (Å²) in [6.07, 6.45) is 3.10. The topological polar surface area (TPSA) is 112 Å². The molecule has 32 heavy (non-hydrogen) atoms. The number of aromatic nitrogens is 4. The van der Waals surface area contributed by atoms with Crippen LogP contribution in [0.1, 0.15) is 22.7 Å². The van der Waals surface area contributed by atoms with Gasteiger partial charge in [-0.05, 0) is 37.0 Å². The third-order valence-corrected chi connectivity index (χ3v) is 7.29. The van der Waals surface area contributed by atoms with E-state index < -0.39 is 0 Å². The average Bonchev–Trinajstić information content (AvgIpc) is 3.52. The number of fused-ring (bicyclic) bond motifs is 3. The maximum atomic E-state index is 12.6. The first-order valence-electron chi connectivity index (χ1n) is 9.91. The second kappa shape index (κ2) is 8.47. The van der Waals surface area contributed by atoms with Crippen LogP contribution in [0.2, 0.25) is 0 Å². The number of methoxy groups -OCH3 is 3. The van der Waals surface area contributed by atoms with Crippen LogP contribution < -0.4 is 19.8 Å². The van der Waals surface area contributed by atoms with Crippen LogP contribution in [0, 0.1) is 0 Å². The van der Waals surface area contributed by atoms with Crippen molar-refractivity contribution in [1.82, 2.24) is 20.2 Å². The van der Waals surface area contributed by atoms with E-state index >= 15 is 0 Å². The highest BCUT2D eigenvalue weighted by atomic mass is 32.2. The minimum atomic E-state index is -0.0753. The van der Waals surface area contributed by atoms with Crippen LogP contribution in [-0.2, 0) is 18.6 Å². The minimum Gasteiger partial charge on any atom is -0.493 e. The van der Waals surface area contributed by atoms with Crippen molar-refractivity contribution in [1.29, 1.82) is 0 Å². The summed E-state index contributed by atoms with van der Waals surface area (Å²) in [5.74, 6) is 2.78. The van der Waals surface area contributed by atoms with Gasteiger partial charge in [-0.3, -0.25) is 4.79 Å². The molecular formula is C21H20N4O5S2. The summed E-state index contributed by atoms with van der Waals surface area (Å²) >= 11 is 2.93. The van der Waals surface area contributed by atoms with Crippen molar-refractivity contribution in [3.05, 3.63) is 38.8 Å². The third kappa shape index (κ3) is 3.61. The number of H-pyrrole nitrogens is 1. The van der Waals surface area contributed by atoms with Crippen molar-refractivity contribution in [3.8, 4) is 28.7 Å². The van der Waals surface area contributed by atoms with Crippen LogP contribution in [0.3, 0.4) is 0 Å². The predicted octanol–water partition coefficient (Wildman–Crippen LogP) is 3.84. The Balaban J connectivity index is 1.37. The summed E-state index contributed by atoms with van der Waals surface area (Å²) < 4.78 is 21.9. The smallest absolute Gasteiger partial charge is 0.277 e. The van der Waals surface area contributed by atoms with Gasteiger partial charge in [-0.2, -0.15) is 0 Å². The summed E-state index contributed by atoms with van der Waals surface area (Å²) in [6.45, 7) is 0. The first kappa shape index (κ1) is 20.8. The van der Waals surface area contributed by atoms with Crippen LogP contribution in [-0.4, -0.2) is 41.5 Å². The summed E-state index contributed by atoms with van der Waals surface area (Å²) in [5.41, 5.74) is 1.73. The van der Waals surface area contributed by atoms with Gasteiger partial charge in [0.1, 0.15) is 10.7 Å². The number of nitrogens with one attached hydrogen (secondary N) is 1. The molecule has 0 spiro atoms. The molecule has 3 aromatic heterocycles. The monoisotopic (exact) mass is 472 g/mol. The lowest BCUT2D eigenvalue weighted by atomic mass is 10.2. The first-order valence-corrected chi connectivity index (χ1v) is 11.7. The molecule has 0 radical (unpaired) electrons. The van der Waals surface area contributed by atoms with E-state index in [1.807, 2.05) is 0 Å². The maximum Gasteiger partial charge on any atom is 0.277 e. The van der Waals surface area contributed by atoms with Crippen molar-refractivity contribution < 1.29 is 18.6 Å². The van der Waals surface area contributed by atoms with Gasteiger partial charge < -0.3 is 23.6 Å². The molecule has 1 aliphatic rings. The lowest BCUT2D eigenvalue weighted by molar-refractivity contribution is 0.324. The van der Waals surface area contributed by atoms with Crippen LogP contribution >= 0.6 is 23.1 Å². The van der Waals surface area contributed by atoms with Gasteiger partial charge in [0.15, 0.2) is 11.5 Å². The highest BCUT2D eigenvalue weighted by molar-refractivity contribution is 7.98. The van der Waals surface area contributed by atoms with Gasteiger partial charge in [0.25, 0.3) is 10.8 Å². The van der Waals surface area contributed by atoms with E-state index in [4.69, 9.17) is 18.6 Å². The summed E-state index contributed by atoms with van der Waals surface area (Å²) in [4.78, 5) is 22.2. The molecule has 0 atom stereocenters. The predicted molar refractivity (Wildman–Crippen MR) is 121 cm³/mol. The lowest BCUT2D eigenvalue weighted by Crippen LogP contribution is -2.11. The van der Waals surface area contributed by atoms with Crippen LogP contribution in [0.5, 0.6) is 17.2 Å². The molecule has 11 heteroatoms. The maximum absolute atomic E-state index is 12.6. The fourth-order valence-electron chi connectivity index (χ4n) is 3.83. The van der Waals surface area contributed by atoms with E-state index in [9.17, 15) is 4.79 Å². The molecular weight excluding hydrogens is 452 g/mol. The van der Waals surface area contributed by atoms with E-state index in [1.54, 1.807) is 44.8 Å². The van der Waals surface area contributed by atoms with E-state index in [2.05, 4.69) is 20.2 Å². The third-order valence-electron chi connectivity index (χ3n) is 5.27.